The van der Waals surface area contributed by atoms with Gasteiger partial charge in [0.1, 0.15) is 6.04 Å². The fourth-order valence-electron chi connectivity index (χ4n) is 1.62. The summed E-state index contributed by atoms with van der Waals surface area (Å²) >= 11 is 1.41. The van der Waals surface area contributed by atoms with Crippen molar-refractivity contribution in [2.75, 3.05) is 24.1 Å². The van der Waals surface area contributed by atoms with Gasteiger partial charge in [-0.3, -0.25) is 0 Å². The van der Waals surface area contributed by atoms with Crippen molar-refractivity contribution in [2.24, 2.45) is 0 Å². The third-order valence-electron chi connectivity index (χ3n) is 2.62. The standard InChI is InChI=1S/C11H13N3O4S/c1-18-9-3-2-7(4-12-9)13-11(17)14-6-19-5-8(14)10(15)16/h2-4,8H,5-6H2,1H3,(H,13,17)(H,15,16). The Hall–Kier alpha value is -1.96. The normalized spacial score (nSPS) is 18.2. The molecule has 0 aromatic carbocycles. The van der Waals surface area contributed by atoms with E-state index in [2.05, 4.69) is 10.3 Å². The number of hydrogen-bond acceptors (Lipinski definition) is 5. The van der Waals surface area contributed by atoms with E-state index in [1.54, 1.807) is 12.1 Å². The molecule has 8 heteroatoms. The Labute approximate surface area is 113 Å². The third-order valence-corrected chi connectivity index (χ3v) is 3.64. The topological polar surface area (TPSA) is 91.8 Å². The predicted octanol–water partition coefficient (Wildman–Crippen LogP) is 1.08. The van der Waals surface area contributed by atoms with E-state index < -0.39 is 18.0 Å². The SMILES string of the molecule is COc1ccc(NC(=O)N2CSCC2C(=O)O)cn1. The van der Waals surface area contributed by atoms with Crippen LogP contribution in [0.2, 0.25) is 0 Å². The van der Waals surface area contributed by atoms with Gasteiger partial charge in [-0.25, -0.2) is 14.6 Å². The van der Waals surface area contributed by atoms with Crippen LogP contribution in [0.4, 0.5) is 10.5 Å². The van der Waals surface area contributed by atoms with Crippen molar-refractivity contribution in [3.05, 3.63) is 18.3 Å². The lowest BCUT2D eigenvalue weighted by molar-refractivity contribution is -0.140. The second kappa shape index (κ2) is 5.79. The molecule has 1 aromatic heterocycles. The number of amides is 2. The summed E-state index contributed by atoms with van der Waals surface area (Å²) in [5, 5.41) is 11.6. The summed E-state index contributed by atoms with van der Waals surface area (Å²) in [4.78, 5) is 28.2. The number of nitrogens with one attached hydrogen (secondary N) is 1. The van der Waals surface area contributed by atoms with Crippen LogP contribution in [-0.4, -0.2) is 51.8 Å². The number of thioether (sulfide) groups is 1. The number of aliphatic carboxylic acids is 1. The predicted molar refractivity (Wildman–Crippen MR) is 70.4 cm³/mol. The summed E-state index contributed by atoms with van der Waals surface area (Å²) in [6.07, 6.45) is 1.45. The number of ether oxygens (including phenoxy) is 1. The minimum atomic E-state index is -0.993. The second-order valence-electron chi connectivity index (χ2n) is 3.84. The van der Waals surface area contributed by atoms with Crippen molar-refractivity contribution >= 4 is 29.4 Å². The Morgan fingerprint density at radius 1 is 1.58 bits per heavy atom. The fraction of sp³-hybridized carbons (Fsp3) is 0.364. The van der Waals surface area contributed by atoms with Gasteiger partial charge in [-0.05, 0) is 6.07 Å². The van der Waals surface area contributed by atoms with Gasteiger partial charge in [-0.15, -0.1) is 11.8 Å². The molecule has 102 valence electrons. The van der Waals surface area contributed by atoms with Crippen molar-refractivity contribution in [3.8, 4) is 5.88 Å². The maximum Gasteiger partial charge on any atom is 0.327 e. The number of hydrogen-bond donors (Lipinski definition) is 2. The number of carboxylic acids is 1. The van der Waals surface area contributed by atoms with Crippen LogP contribution in [0.1, 0.15) is 0 Å². The Bertz CT molecular complexity index is 479. The number of carboxylic acid groups (broad SMARTS) is 1. The zero-order chi connectivity index (χ0) is 13.8. The van der Waals surface area contributed by atoms with E-state index in [1.165, 1.54) is 30.0 Å². The van der Waals surface area contributed by atoms with Gasteiger partial charge in [0.25, 0.3) is 0 Å². The Balaban J connectivity index is 2.01. The van der Waals surface area contributed by atoms with Crippen LogP contribution in [0.15, 0.2) is 18.3 Å². The zero-order valence-electron chi connectivity index (χ0n) is 10.2. The molecule has 2 heterocycles. The van der Waals surface area contributed by atoms with E-state index in [1.807, 2.05) is 0 Å². The van der Waals surface area contributed by atoms with Crippen LogP contribution in [0.3, 0.4) is 0 Å². The van der Waals surface area contributed by atoms with Gasteiger partial charge in [-0.1, -0.05) is 0 Å². The maximum atomic E-state index is 12.0. The van der Waals surface area contributed by atoms with Crippen molar-refractivity contribution in [3.63, 3.8) is 0 Å². The summed E-state index contributed by atoms with van der Waals surface area (Å²) in [5.74, 6) is 0.224. The third kappa shape index (κ3) is 3.08. The molecule has 1 aliphatic rings. The number of carbonyl (C=O) groups excluding carboxylic acids is 1. The Morgan fingerprint density at radius 3 is 2.95 bits per heavy atom. The molecule has 1 aromatic rings. The minimum absolute atomic E-state index is 0.367. The quantitative estimate of drug-likeness (QED) is 0.862. The molecular weight excluding hydrogens is 270 g/mol. The van der Waals surface area contributed by atoms with E-state index in [9.17, 15) is 9.59 Å². The van der Waals surface area contributed by atoms with Gasteiger partial charge in [0.15, 0.2) is 0 Å². The molecule has 7 nitrogen and oxygen atoms in total. The number of rotatable bonds is 3. The largest absolute Gasteiger partial charge is 0.481 e. The van der Waals surface area contributed by atoms with Crippen LogP contribution in [0, 0.1) is 0 Å². The molecule has 1 saturated heterocycles. The number of pyridine rings is 1. The van der Waals surface area contributed by atoms with Gasteiger partial charge in [-0.2, -0.15) is 0 Å². The number of nitrogens with zero attached hydrogens (tertiary/aromatic N) is 2. The number of methoxy groups -OCH3 is 1. The molecule has 2 N–H and O–H groups in total. The highest BCUT2D eigenvalue weighted by Crippen LogP contribution is 2.22. The molecule has 1 unspecified atom stereocenters. The number of carbonyl (C=O) groups is 2. The van der Waals surface area contributed by atoms with Gasteiger partial charge in [0, 0.05) is 11.8 Å². The fourth-order valence-corrected chi connectivity index (χ4v) is 2.76. The maximum absolute atomic E-state index is 12.0. The molecule has 2 amide bonds. The lowest BCUT2D eigenvalue weighted by Crippen LogP contribution is -2.43. The lowest BCUT2D eigenvalue weighted by atomic mass is 10.3. The molecule has 2 rings (SSSR count). The van der Waals surface area contributed by atoms with Gasteiger partial charge < -0.3 is 20.1 Å². The highest BCUT2D eigenvalue weighted by Gasteiger charge is 2.34. The summed E-state index contributed by atoms with van der Waals surface area (Å²) < 4.78 is 4.91. The van der Waals surface area contributed by atoms with E-state index in [-0.39, 0.29) is 0 Å². The second-order valence-corrected chi connectivity index (χ2v) is 4.84. The number of anilines is 1. The van der Waals surface area contributed by atoms with Crippen molar-refractivity contribution in [2.45, 2.75) is 6.04 Å². The highest BCUT2D eigenvalue weighted by atomic mass is 32.2. The van der Waals surface area contributed by atoms with E-state index in [0.29, 0.717) is 23.2 Å². The Morgan fingerprint density at radius 2 is 2.37 bits per heavy atom. The Kier molecular flexibility index (Phi) is 4.10. The zero-order valence-corrected chi connectivity index (χ0v) is 11.0. The molecule has 0 aliphatic carbocycles. The molecular formula is C11H13N3O4S. The van der Waals surface area contributed by atoms with Crippen LogP contribution < -0.4 is 10.1 Å². The molecule has 0 spiro atoms. The molecule has 1 aliphatic heterocycles. The van der Waals surface area contributed by atoms with Crippen LogP contribution in [0.25, 0.3) is 0 Å². The van der Waals surface area contributed by atoms with Crippen molar-refractivity contribution < 1.29 is 19.4 Å². The van der Waals surface area contributed by atoms with E-state index in [4.69, 9.17) is 9.84 Å². The average Bonchev–Trinajstić information content (AvgIpc) is 2.89. The number of aromatic nitrogens is 1. The van der Waals surface area contributed by atoms with Crippen molar-refractivity contribution in [1.29, 1.82) is 0 Å². The van der Waals surface area contributed by atoms with E-state index in [0.717, 1.165) is 0 Å². The summed E-state index contributed by atoms with van der Waals surface area (Å²) in [6, 6.07) is 2.03. The van der Waals surface area contributed by atoms with Crippen LogP contribution >= 0.6 is 11.8 Å². The van der Waals surface area contributed by atoms with E-state index >= 15 is 0 Å². The first-order valence-electron chi connectivity index (χ1n) is 5.50. The lowest BCUT2D eigenvalue weighted by Gasteiger charge is -2.20. The van der Waals surface area contributed by atoms with Gasteiger partial charge in [0.2, 0.25) is 5.88 Å². The minimum Gasteiger partial charge on any atom is -0.481 e. The molecule has 1 fully saturated rings. The van der Waals surface area contributed by atoms with Gasteiger partial charge in [0.05, 0.1) is 24.9 Å². The van der Waals surface area contributed by atoms with Gasteiger partial charge >= 0.3 is 12.0 Å². The van der Waals surface area contributed by atoms with Crippen molar-refractivity contribution in [1.82, 2.24) is 9.88 Å². The molecule has 0 saturated carbocycles. The first-order valence-corrected chi connectivity index (χ1v) is 6.65. The molecule has 0 bridgehead atoms. The molecule has 1 atom stereocenters. The highest BCUT2D eigenvalue weighted by molar-refractivity contribution is 7.99. The average molecular weight is 283 g/mol. The summed E-state index contributed by atoms with van der Waals surface area (Å²) in [6.45, 7) is 0. The molecule has 19 heavy (non-hydrogen) atoms. The first-order chi connectivity index (χ1) is 9.11. The van der Waals surface area contributed by atoms with Crippen LogP contribution in [0.5, 0.6) is 5.88 Å². The monoisotopic (exact) mass is 283 g/mol. The smallest absolute Gasteiger partial charge is 0.327 e. The molecule has 0 radical (unpaired) electrons. The summed E-state index contributed by atoms with van der Waals surface area (Å²) in [5.41, 5.74) is 0.492. The van der Waals surface area contributed by atoms with Crippen LogP contribution in [-0.2, 0) is 4.79 Å². The first kappa shape index (κ1) is 13.5. The number of urea groups is 1. The summed E-state index contributed by atoms with van der Waals surface area (Å²) in [7, 11) is 1.50.